The molecule has 6 heteroatoms. The summed E-state index contributed by atoms with van der Waals surface area (Å²) >= 11 is 0. The van der Waals surface area contributed by atoms with Gasteiger partial charge < -0.3 is 19.7 Å². The number of pyridine rings is 1. The number of fused-ring (bicyclic) bond motifs is 1. The molecule has 4 rings (SSSR count). The molecular formula is C21H25N3O3. The summed E-state index contributed by atoms with van der Waals surface area (Å²) in [6, 6.07) is 12.0. The largest absolute Gasteiger partial charge is 0.497 e. The Bertz CT molecular complexity index is 789. The van der Waals surface area contributed by atoms with E-state index in [-0.39, 0.29) is 11.8 Å². The molecule has 0 radical (unpaired) electrons. The molecule has 0 bridgehead atoms. The lowest BCUT2D eigenvalue weighted by atomic mass is 9.94. The number of carbonyl (C=O) groups is 1. The van der Waals surface area contributed by atoms with Gasteiger partial charge in [0.05, 0.1) is 13.0 Å². The number of methoxy groups -OCH3 is 1. The van der Waals surface area contributed by atoms with Gasteiger partial charge >= 0.3 is 0 Å². The minimum absolute atomic E-state index is 0.105. The lowest BCUT2D eigenvalue weighted by Gasteiger charge is -2.35. The molecule has 1 aromatic heterocycles. The third-order valence-corrected chi connectivity index (χ3v) is 5.35. The minimum atomic E-state index is -0.105. The number of benzene rings is 1. The van der Waals surface area contributed by atoms with E-state index in [0.29, 0.717) is 12.6 Å². The zero-order valence-electron chi connectivity index (χ0n) is 15.6. The summed E-state index contributed by atoms with van der Waals surface area (Å²) in [6.07, 6.45) is 4.38. The first-order valence-corrected chi connectivity index (χ1v) is 9.49. The number of ether oxygens (including phenoxy) is 2. The third-order valence-electron chi connectivity index (χ3n) is 5.35. The van der Waals surface area contributed by atoms with Crippen LogP contribution >= 0.6 is 0 Å². The highest BCUT2D eigenvalue weighted by Crippen LogP contribution is 2.32. The van der Waals surface area contributed by atoms with E-state index in [1.165, 1.54) is 0 Å². The summed E-state index contributed by atoms with van der Waals surface area (Å²) in [5, 5.41) is 3.46. The number of aromatic nitrogens is 1. The van der Waals surface area contributed by atoms with Gasteiger partial charge in [0.1, 0.15) is 23.9 Å². The SMILES string of the molecule is COc1ccc2c(c1)OC[C@H](C(=O)N1CCC(Nc3ccccn3)CC1)C2. The van der Waals surface area contributed by atoms with Crippen LogP contribution in [0.5, 0.6) is 11.5 Å². The van der Waals surface area contributed by atoms with Gasteiger partial charge in [-0.2, -0.15) is 0 Å². The number of nitrogens with zero attached hydrogens (tertiary/aromatic N) is 2. The minimum Gasteiger partial charge on any atom is -0.497 e. The fourth-order valence-electron chi connectivity index (χ4n) is 3.80. The van der Waals surface area contributed by atoms with E-state index in [4.69, 9.17) is 9.47 Å². The smallest absolute Gasteiger partial charge is 0.229 e. The molecule has 2 aliphatic rings. The molecule has 1 amide bonds. The van der Waals surface area contributed by atoms with Crippen LogP contribution in [0.15, 0.2) is 42.6 Å². The second-order valence-corrected chi connectivity index (χ2v) is 7.14. The molecule has 27 heavy (non-hydrogen) atoms. The van der Waals surface area contributed by atoms with Gasteiger partial charge in [-0.15, -0.1) is 0 Å². The zero-order valence-corrected chi connectivity index (χ0v) is 15.6. The second-order valence-electron chi connectivity index (χ2n) is 7.14. The van der Waals surface area contributed by atoms with Crippen molar-refractivity contribution in [3.05, 3.63) is 48.2 Å². The summed E-state index contributed by atoms with van der Waals surface area (Å²) < 4.78 is 11.1. The molecule has 1 fully saturated rings. The molecule has 6 nitrogen and oxygen atoms in total. The van der Waals surface area contributed by atoms with Crippen LogP contribution in [0.4, 0.5) is 5.82 Å². The molecule has 0 aliphatic carbocycles. The van der Waals surface area contributed by atoms with E-state index < -0.39 is 0 Å². The molecule has 1 atom stereocenters. The average molecular weight is 367 g/mol. The van der Waals surface area contributed by atoms with Crippen LogP contribution < -0.4 is 14.8 Å². The van der Waals surface area contributed by atoms with Crippen molar-refractivity contribution in [2.75, 3.05) is 32.1 Å². The van der Waals surface area contributed by atoms with Crippen LogP contribution in [0.2, 0.25) is 0 Å². The number of carbonyl (C=O) groups excluding carboxylic acids is 1. The lowest BCUT2D eigenvalue weighted by Crippen LogP contribution is -2.47. The first-order chi connectivity index (χ1) is 13.2. The maximum absolute atomic E-state index is 12.9. The van der Waals surface area contributed by atoms with Gasteiger partial charge in [0.2, 0.25) is 5.91 Å². The zero-order chi connectivity index (χ0) is 18.6. The van der Waals surface area contributed by atoms with Crippen LogP contribution in [0.25, 0.3) is 0 Å². The number of nitrogens with one attached hydrogen (secondary N) is 1. The summed E-state index contributed by atoms with van der Waals surface area (Å²) in [4.78, 5) is 19.2. The maximum atomic E-state index is 12.9. The van der Waals surface area contributed by atoms with E-state index >= 15 is 0 Å². The second kappa shape index (κ2) is 7.86. The van der Waals surface area contributed by atoms with Gasteiger partial charge in [-0.1, -0.05) is 12.1 Å². The Morgan fingerprint density at radius 3 is 2.85 bits per heavy atom. The number of anilines is 1. The van der Waals surface area contributed by atoms with E-state index in [2.05, 4.69) is 10.3 Å². The number of hydrogen-bond acceptors (Lipinski definition) is 5. The average Bonchev–Trinajstić information content (AvgIpc) is 2.74. The molecule has 1 saturated heterocycles. The predicted molar refractivity (Wildman–Crippen MR) is 103 cm³/mol. The number of rotatable bonds is 4. The van der Waals surface area contributed by atoms with Crippen molar-refractivity contribution in [1.29, 1.82) is 0 Å². The Kier molecular flexibility index (Phi) is 5.14. The Labute approximate surface area is 159 Å². The van der Waals surface area contributed by atoms with Crippen molar-refractivity contribution >= 4 is 11.7 Å². The van der Waals surface area contributed by atoms with E-state index in [9.17, 15) is 4.79 Å². The van der Waals surface area contributed by atoms with Gasteiger partial charge in [-0.05, 0) is 43.0 Å². The lowest BCUT2D eigenvalue weighted by molar-refractivity contribution is -0.137. The Morgan fingerprint density at radius 1 is 1.26 bits per heavy atom. The van der Waals surface area contributed by atoms with Gasteiger partial charge in [0.25, 0.3) is 0 Å². The van der Waals surface area contributed by atoms with Crippen molar-refractivity contribution in [2.24, 2.45) is 5.92 Å². The molecule has 0 saturated carbocycles. The highest BCUT2D eigenvalue weighted by atomic mass is 16.5. The topological polar surface area (TPSA) is 63.7 Å². The molecule has 1 aromatic carbocycles. The first-order valence-electron chi connectivity index (χ1n) is 9.49. The predicted octanol–water partition coefficient (Wildman–Crippen LogP) is 2.74. The van der Waals surface area contributed by atoms with Crippen molar-refractivity contribution in [3.63, 3.8) is 0 Å². The summed E-state index contributed by atoms with van der Waals surface area (Å²) in [5.74, 6) is 2.60. The Morgan fingerprint density at radius 2 is 2.11 bits per heavy atom. The monoisotopic (exact) mass is 367 g/mol. The highest BCUT2D eigenvalue weighted by Gasteiger charge is 2.32. The van der Waals surface area contributed by atoms with Crippen LogP contribution in [0, 0.1) is 5.92 Å². The summed E-state index contributed by atoms with van der Waals surface area (Å²) in [5.41, 5.74) is 1.08. The van der Waals surface area contributed by atoms with Crippen molar-refractivity contribution in [3.8, 4) is 11.5 Å². The van der Waals surface area contributed by atoms with Crippen LogP contribution in [0.3, 0.4) is 0 Å². The van der Waals surface area contributed by atoms with E-state index in [0.717, 1.165) is 55.2 Å². The molecule has 2 aliphatic heterocycles. The molecule has 1 N–H and O–H groups in total. The quantitative estimate of drug-likeness (QED) is 0.900. The number of likely N-dealkylation sites (tertiary alicyclic amines) is 1. The van der Waals surface area contributed by atoms with Gasteiger partial charge in [0.15, 0.2) is 0 Å². The van der Waals surface area contributed by atoms with Crippen molar-refractivity contribution in [2.45, 2.75) is 25.3 Å². The fourth-order valence-corrected chi connectivity index (χ4v) is 3.80. The van der Waals surface area contributed by atoms with E-state index in [1.54, 1.807) is 13.3 Å². The van der Waals surface area contributed by atoms with Gasteiger partial charge in [-0.3, -0.25) is 4.79 Å². The maximum Gasteiger partial charge on any atom is 0.229 e. The number of amides is 1. The molecule has 0 spiro atoms. The van der Waals surface area contributed by atoms with Crippen molar-refractivity contribution in [1.82, 2.24) is 9.88 Å². The standard InChI is InChI=1S/C21H25N3O3/c1-26-18-6-5-15-12-16(14-27-19(15)13-18)21(25)24-10-7-17(8-11-24)23-20-4-2-3-9-22-20/h2-6,9,13,16-17H,7-8,10-12,14H2,1H3,(H,22,23)/t16-/m1/s1. The number of piperidine rings is 1. The molecule has 142 valence electrons. The molecule has 3 heterocycles. The Hall–Kier alpha value is -2.76. The normalized spacial score (nSPS) is 19.7. The van der Waals surface area contributed by atoms with Gasteiger partial charge in [0, 0.05) is 31.4 Å². The van der Waals surface area contributed by atoms with E-state index in [1.807, 2.05) is 41.3 Å². The highest BCUT2D eigenvalue weighted by molar-refractivity contribution is 5.80. The van der Waals surface area contributed by atoms with Crippen LogP contribution in [0.1, 0.15) is 18.4 Å². The van der Waals surface area contributed by atoms with Crippen LogP contribution in [-0.4, -0.2) is 48.6 Å². The van der Waals surface area contributed by atoms with Gasteiger partial charge in [-0.25, -0.2) is 4.98 Å². The number of hydrogen-bond donors (Lipinski definition) is 1. The fraction of sp³-hybridized carbons (Fsp3) is 0.429. The Balaban J connectivity index is 1.32. The molecule has 2 aromatic rings. The first kappa shape index (κ1) is 17.6. The molecule has 0 unspecified atom stereocenters. The van der Waals surface area contributed by atoms with Crippen molar-refractivity contribution < 1.29 is 14.3 Å². The molecular weight excluding hydrogens is 342 g/mol. The summed E-state index contributed by atoms with van der Waals surface area (Å²) in [6.45, 7) is 1.98. The van der Waals surface area contributed by atoms with Crippen LogP contribution in [-0.2, 0) is 11.2 Å². The third kappa shape index (κ3) is 3.99. The summed E-state index contributed by atoms with van der Waals surface area (Å²) in [7, 11) is 1.64.